The van der Waals surface area contributed by atoms with Gasteiger partial charge in [-0.25, -0.2) is 8.78 Å². The van der Waals surface area contributed by atoms with Gasteiger partial charge in [0.1, 0.15) is 5.82 Å². The smallest absolute Gasteiger partial charge is 0.170 e. The third kappa shape index (κ3) is 4.27. The number of phenolic OH excluding ortho intramolecular Hbond substituents is 1. The summed E-state index contributed by atoms with van der Waals surface area (Å²) in [4.78, 5) is 17.4. The van der Waals surface area contributed by atoms with Crippen LogP contribution in [0.3, 0.4) is 0 Å². The second-order valence-corrected chi connectivity index (χ2v) is 9.49. The van der Waals surface area contributed by atoms with Crippen molar-refractivity contribution in [3.8, 4) is 16.9 Å². The SMILES string of the molecule is N[C@H]1CC[C@H](Nc2c(C(=O)C3CC3)cnc3cc(F)c(-c4cc(F)c(O)c(Cl)c4)cc23)CC1. The maximum absolute atomic E-state index is 15.0. The number of ketones is 1. The van der Waals surface area contributed by atoms with Crippen LogP contribution >= 0.6 is 11.6 Å². The molecule has 2 aliphatic carbocycles. The number of hydrogen-bond acceptors (Lipinski definition) is 5. The summed E-state index contributed by atoms with van der Waals surface area (Å²) in [6.45, 7) is 0. The fourth-order valence-electron chi connectivity index (χ4n) is 4.53. The lowest BCUT2D eigenvalue weighted by Gasteiger charge is -2.29. The summed E-state index contributed by atoms with van der Waals surface area (Å²) in [6, 6.07) is 5.51. The van der Waals surface area contributed by atoms with Gasteiger partial charge in [0.25, 0.3) is 0 Å². The van der Waals surface area contributed by atoms with Gasteiger partial charge in [0.15, 0.2) is 17.3 Å². The second-order valence-electron chi connectivity index (χ2n) is 9.08. The van der Waals surface area contributed by atoms with Gasteiger partial charge in [-0.2, -0.15) is 0 Å². The molecule has 33 heavy (non-hydrogen) atoms. The number of nitrogens with one attached hydrogen (secondary N) is 1. The number of aromatic hydroxyl groups is 1. The highest BCUT2D eigenvalue weighted by molar-refractivity contribution is 6.32. The first-order valence-corrected chi connectivity index (χ1v) is 11.6. The maximum atomic E-state index is 15.0. The van der Waals surface area contributed by atoms with Gasteiger partial charge < -0.3 is 16.2 Å². The van der Waals surface area contributed by atoms with Crippen LogP contribution in [0, 0.1) is 17.6 Å². The molecule has 0 spiro atoms. The summed E-state index contributed by atoms with van der Waals surface area (Å²) in [7, 11) is 0. The molecule has 2 saturated carbocycles. The molecule has 0 bridgehead atoms. The van der Waals surface area contributed by atoms with Crippen molar-refractivity contribution in [2.24, 2.45) is 11.7 Å². The third-order valence-electron chi connectivity index (χ3n) is 6.62. The molecule has 4 N–H and O–H groups in total. The molecule has 0 unspecified atom stereocenters. The molecule has 0 radical (unpaired) electrons. The van der Waals surface area contributed by atoms with Crippen LogP contribution < -0.4 is 11.1 Å². The number of hydrogen-bond donors (Lipinski definition) is 3. The Bertz CT molecular complexity index is 1230. The fraction of sp³-hybridized carbons (Fsp3) is 0.360. The van der Waals surface area contributed by atoms with E-state index in [2.05, 4.69) is 10.3 Å². The van der Waals surface area contributed by atoms with E-state index < -0.39 is 17.4 Å². The Morgan fingerprint density at radius 3 is 2.45 bits per heavy atom. The normalized spacial score (nSPS) is 20.7. The average Bonchev–Trinajstić information content (AvgIpc) is 3.63. The summed E-state index contributed by atoms with van der Waals surface area (Å²) in [5.74, 6) is -2.20. The number of rotatable bonds is 5. The molecule has 0 amide bonds. The van der Waals surface area contributed by atoms with E-state index in [1.165, 1.54) is 18.3 Å². The van der Waals surface area contributed by atoms with Crippen molar-refractivity contribution in [1.29, 1.82) is 0 Å². The van der Waals surface area contributed by atoms with Crippen LogP contribution in [0.5, 0.6) is 5.75 Å². The summed E-state index contributed by atoms with van der Waals surface area (Å²) in [5.41, 5.74) is 7.85. The number of carbonyl (C=O) groups is 1. The summed E-state index contributed by atoms with van der Waals surface area (Å²) in [6.07, 6.45) is 6.75. The van der Waals surface area contributed by atoms with Crippen molar-refractivity contribution in [3.63, 3.8) is 0 Å². The Morgan fingerprint density at radius 2 is 1.79 bits per heavy atom. The highest BCUT2D eigenvalue weighted by Gasteiger charge is 2.33. The molecule has 2 aromatic carbocycles. The highest BCUT2D eigenvalue weighted by Crippen LogP contribution is 2.40. The predicted octanol–water partition coefficient (Wildman–Crippen LogP) is 5.81. The number of benzene rings is 2. The Morgan fingerprint density at radius 1 is 1.06 bits per heavy atom. The van der Waals surface area contributed by atoms with Gasteiger partial charge in [0.05, 0.1) is 21.8 Å². The van der Waals surface area contributed by atoms with Crippen LogP contribution in [-0.2, 0) is 0 Å². The number of phenols is 1. The summed E-state index contributed by atoms with van der Waals surface area (Å²) < 4.78 is 29.2. The maximum Gasteiger partial charge on any atom is 0.170 e. The van der Waals surface area contributed by atoms with Gasteiger partial charge in [-0.05, 0) is 62.3 Å². The van der Waals surface area contributed by atoms with Gasteiger partial charge in [-0.1, -0.05) is 11.6 Å². The first kappa shape index (κ1) is 22.0. The van der Waals surface area contributed by atoms with Crippen molar-refractivity contribution < 1.29 is 18.7 Å². The van der Waals surface area contributed by atoms with Crippen molar-refractivity contribution in [2.45, 2.75) is 50.6 Å². The zero-order valence-electron chi connectivity index (χ0n) is 17.9. The molecule has 8 heteroatoms. The van der Waals surface area contributed by atoms with Crippen LogP contribution in [-0.4, -0.2) is 28.0 Å². The van der Waals surface area contributed by atoms with E-state index >= 15 is 4.39 Å². The number of fused-ring (bicyclic) bond motifs is 1. The minimum Gasteiger partial charge on any atom is -0.504 e. The number of Topliss-reactive ketones (excluding diaryl/α,β-unsaturated/α-hetero) is 1. The van der Waals surface area contributed by atoms with Gasteiger partial charge in [0, 0.05) is 41.2 Å². The molecule has 3 aromatic rings. The van der Waals surface area contributed by atoms with Crippen molar-refractivity contribution >= 4 is 34.0 Å². The standard InChI is InChI=1S/C25H24ClF2N3O2/c26-19-7-13(8-21(28)25(19)33)16-9-17-22(10-20(16)27)30-11-18(24(32)12-1-2-12)23(17)31-15-5-3-14(29)4-6-15/h7-12,14-15,33H,1-6,29H2,(H,30,31)/t14-,15-. The van der Waals surface area contributed by atoms with Crippen LogP contribution in [0.1, 0.15) is 48.9 Å². The Hall–Kier alpha value is -2.77. The molecule has 0 atom stereocenters. The van der Waals surface area contributed by atoms with E-state index in [0.717, 1.165) is 44.6 Å². The van der Waals surface area contributed by atoms with E-state index in [0.29, 0.717) is 22.2 Å². The fourth-order valence-corrected chi connectivity index (χ4v) is 4.74. The largest absolute Gasteiger partial charge is 0.504 e. The predicted molar refractivity (Wildman–Crippen MR) is 125 cm³/mol. The van der Waals surface area contributed by atoms with E-state index in [-0.39, 0.29) is 39.9 Å². The van der Waals surface area contributed by atoms with Gasteiger partial charge in [0.2, 0.25) is 0 Å². The van der Waals surface area contributed by atoms with Gasteiger partial charge >= 0.3 is 0 Å². The average molecular weight is 472 g/mol. The summed E-state index contributed by atoms with van der Waals surface area (Å²) >= 11 is 5.93. The zero-order chi connectivity index (χ0) is 23.3. The first-order valence-electron chi connectivity index (χ1n) is 11.2. The van der Waals surface area contributed by atoms with E-state index in [9.17, 15) is 14.3 Å². The Labute approximate surface area is 195 Å². The zero-order valence-corrected chi connectivity index (χ0v) is 18.6. The topological polar surface area (TPSA) is 88.2 Å². The number of nitrogens with zero attached hydrogens (tertiary/aromatic N) is 1. The minimum absolute atomic E-state index is 0.00509. The van der Waals surface area contributed by atoms with Crippen LogP contribution in [0.25, 0.3) is 22.0 Å². The van der Waals surface area contributed by atoms with Crippen LogP contribution in [0.4, 0.5) is 14.5 Å². The number of nitrogens with two attached hydrogens (primary N) is 1. The lowest BCUT2D eigenvalue weighted by atomic mass is 9.91. The molecule has 5 rings (SSSR count). The van der Waals surface area contributed by atoms with Crippen molar-refractivity contribution in [2.75, 3.05) is 5.32 Å². The third-order valence-corrected chi connectivity index (χ3v) is 6.91. The molecule has 2 aliphatic rings. The first-order chi connectivity index (χ1) is 15.8. The monoisotopic (exact) mass is 471 g/mol. The van der Waals surface area contributed by atoms with Crippen LogP contribution in [0.15, 0.2) is 30.5 Å². The molecule has 0 saturated heterocycles. The molecule has 172 valence electrons. The minimum atomic E-state index is -0.940. The lowest BCUT2D eigenvalue weighted by Crippen LogP contribution is -2.33. The second kappa shape index (κ2) is 8.54. The number of aromatic nitrogens is 1. The number of anilines is 1. The molecular weight excluding hydrogens is 448 g/mol. The Balaban J connectivity index is 1.66. The van der Waals surface area contributed by atoms with Crippen molar-refractivity contribution in [1.82, 2.24) is 4.98 Å². The highest BCUT2D eigenvalue weighted by atomic mass is 35.5. The molecule has 1 heterocycles. The van der Waals surface area contributed by atoms with Gasteiger partial charge in [-0.15, -0.1) is 0 Å². The number of carbonyl (C=O) groups excluding carboxylic acids is 1. The van der Waals surface area contributed by atoms with E-state index in [4.69, 9.17) is 17.3 Å². The summed E-state index contributed by atoms with van der Waals surface area (Å²) in [5, 5.41) is 13.5. The number of pyridine rings is 1. The quantitative estimate of drug-likeness (QED) is 0.408. The molecule has 5 nitrogen and oxygen atoms in total. The van der Waals surface area contributed by atoms with E-state index in [1.807, 2.05) is 0 Å². The van der Waals surface area contributed by atoms with Gasteiger partial charge in [-0.3, -0.25) is 9.78 Å². The van der Waals surface area contributed by atoms with E-state index in [1.54, 1.807) is 6.07 Å². The van der Waals surface area contributed by atoms with Crippen molar-refractivity contribution in [3.05, 3.63) is 52.7 Å². The Kier molecular flexibility index (Phi) is 5.70. The molecule has 1 aromatic heterocycles. The molecule has 2 fully saturated rings. The number of halogens is 3. The lowest BCUT2D eigenvalue weighted by molar-refractivity contribution is 0.0968. The molecule has 0 aliphatic heterocycles. The molecular formula is C25H24ClF2N3O2. The van der Waals surface area contributed by atoms with Crippen LogP contribution in [0.2, 0.25) is 5.02 Å².